The molecule has 6 heteroatoms. The first-order valence-electron chi connectivity index (χ1n) is 7.45. The fraction of sp³-hybridized carbons (Fsp3) is 0.600. The maximum atomic E-state index is 12.4. The number of nitrogens with one attached hydrogen (secondary N) is 1. The predicted octanol–water partition coefficient (Wildman–Crippen LogP) is 0.984. The number of pyridine rings is 1. The van der Waals surface area contributed by atoms with Gasteiger partial charge < -0.3 is 20.7 Å². The summed E-state index contributed by atoms with van der Waals surface area (Å²) in [6.45, 7) is 4.74. The van der Waals surface area contributed by atoms with E-state index < -0.39 is 5.41 Å². The van der Waals surface area contributed by atoms with Gasteiger partial charge in [-0.05, 0) is 31.9 Å². The third-order valence-corrected chi connectivity index (χ3v) is 4.47. The van der Waals surface area contributed by atoms with Crippen molar-refractivity contribution < 1.29 is 9.53 Å². The fourth-order valence-corrected chi connectivity index (χ4v) is 2.79. The van der Waals surface area contributed by atoms with Gasteiger partial charge in [-0.1, -0.05) is 0 Å². The Labute approximate surface area is 124 Å². The molecule has 3 heterocycles. The molecule has 2 atom stereocenters. The zero-order valence-corrected chi connectivity index (χ0v) is 12.3. The Bertz CT molecular complexity index is 513. The summed E-state index contributed by atoms with van der Waals surface area (Å²) in [6.07, 6.45) is 4.14. The normalized spacial score (nSPS) is 28.9. The van der Waals surface area contributed by atoms with Gasteiger partial charge in [0, 0.05) is 19.1 Å². The number of amides is 1. The van der Waals surface area contributed by atoms with Crippen molar-refractivity contribution in [2.24, 2.45) is 11.1 Å². The minimum absolute atomic E-state index is 0.108. The quantitative estimate of drug-likeness (QED) is 0.867. The molecule has 21 heavy (non-hydrogen) atoms. The summed E-state index contributed by atoms with van der Waals surface area (Å²) in [5.74, 6) is 0.862. The van der Waals surface area contributed by atoms with Crippen LogP contribution < -0.4 is 16.0 Å². The van der Waals surface area contributed by atoms with Crippen molar-refractivity contribution >= 4 is 17.4 Å². The highest BCUT2D eigenvalue weighted by Gasteiger charge is 2.44. The van der Waals surface area contributed by atoms with Crippen LogP contribution in [-0.2, 0) is 9.53 Å². The molecular formula is C15H22N4O2. The lowest BCUT2D eigenvalue weighted by Crippen LogP contribution is -2.47. The molecule has 0 saturated carbocycles. The first-order valence-corrected chi connectivity index (χ1v) is 7.45. The van der Waals surface area contributed by atoms with Crippen molar-refractivity contribution in [1.29, 1.82) is 0 Å². The molecule has 2 unspecified atom stereocenters. The van der Waals surface area contributed by atoms with Crippen LogP contribution in [-0.4, -0.2) is 43.2 Å². The van der Waals surface area contributed by atoms with Crippen LogP contribution in [0.2, 0.25) is 0 Å². The van der Waals surface area contributed by atoms with E-state index in [1.165, 1.54) is 12.8 Å². The molecule has 2 aliphatic rings. The van der Waals surface area contributed by atoms with Gasteiger partial charge in [-0.3, -0.25) is 4.79 Å². The molecule has 0 aromatic carbocycles. The van der Waals surface area contributed by atoms with Gasteiger partial charge in [0.05, 0.1) is 30.5 Å². The number of hydrogen-bond donors (Lipinski definition) is 2. The molecule has 114 valence electrons. The first-order chi connectivity index (χ1) is 10.1. The highest BCUT2D eigenvalue weighted by atomic mass is 16.5. The maximum absolute atomic E-state index is 12.4. The van der Waals surface area contributed by atoms with Crippen molar-refractivity contribution in [2.75, 3.05) is 36.5 Å². The van der Waals surface area contributed by atoms with Crippen LogP contribution in [0.3, 0.4) is 0 Å². The number of carbonyl (C=O) groups is 1. The standard InChI is InChI=1S/C15H22N4O2/c1-15(10-21-9-12(15)16)14(20)18-11-4-5-13(17-8-11)19-6-2-3-7-19/h4-5,8,12H,2-3,6-7,9-10,16H2,1H3,(H,18,20). The number of carbonyl (C=O) groups excluding carboxylic acids is 1. The SMILES string of the molecule is CC1(C(=O)Nc2ccc(N3CCCC3)nc2)COCC1N. The van der Waals surface area contributed by atoms with Gasteiger partial charge in [-0.15, -0.1) is 0 Å². The lowest BCUT2D eigenvalue weighted by Gasteiger charge is -2.25. The van der Waals surface area contributed by atoms with Gasteiger partial charge in [0.2, 0.25) is 5.91 Å². The third-order valence-electron chi connectivity index (χ3n) is 4.47. The second-order valence-corrected chi connectivity index (χ2v) is 6.09. The molecule has 0 spiro atoms. The average Bonchev–Trinajstić information content (AvgIpc) is 3.12. The number of anilines is 2. The van der Waals surface area contributed by atoms with Crippen LogP contribution in [0, 0.1) is 5.41 Å². The molecule has 1 amide bonds. The van der Waals surface area contributed by atoms with Gasteiger partial charge >= 0.3 is 0 Å². The molecule has 0 radical (unpaired) electrons. The first kappa shape index (κ1) is 14.3. The molecule has 3 N–H and O–H groups in total. The largest absolute Gasteiger partial charge is 0.379 e. The summed E-state index contributed by atoms with van der Waals surface area (Å²) in [4.78, 5) is 19.1. The Morgan fingerprint density at radius 1 is 1.48 bits per heavy atom. The molecule has 2 saturated heterocycles. The molecule has 1 aromatic heterocycles. The minimum atomic E-state index is -0.673. The van der Waals surface area contributed by atoms with Crippen molar-refractivity contribution in [3.8, 4) is 0 Å². The van der Waals surface area contributed by atoms with Crippen LogP contribution in [0.15, 0.2) is 18.3 Å². The van der Waals surface area contributed by atoms with Crippen LogP contribution in [0.5, 0.6) is 0 Å². The van der Waals surface area contributed by atoms with Gasteiger partial charge in [0.15, 0.2) is 0 Å². The van der Waals surface area contributed by atoms with Crippen LogP contribution in [0.1, 0.15) is 19.8 Å². The number of hydrogen-bond acceptors (Lipinski definition) is 5. The molecular weight excluding hydrogens is 268 g/mol. The second kappa shape index (κ2) is 5.61. The topological polar surface area (TPSA) is 80.5 Å². The van der Waals surface area contributed by atoms with Gasteiger partial charge in [0.25, 0.3) is 0 Å². The fourth-order valence-electron chi connectivity index (χ4n) is 2.79. The molecule has 0 aliphatic carbocycles. The van der Waals surface area contributed by atoms with Crippen molar-refractivity contribution in [3.63, 3.8) is 0 Å². The predicted molar refractivity (Wildman–Crippen MR) is 81.2 cm³/mol. The van der Waals surface area contributed by atoms with Crippen LogP contribution in [0.25, 0.3) is 0 Å². The van der Waals surface area contributed by atoms with Crippen molar-refractivity contribution in [1.82, 2.24) is 4.98 Å². The van der Waals surface area contributed by atoms with Crippen LogP contribution >= 0.6 is 0 Å². The zero-order chi connectivity index (χ0) is 14.9. The summed E-state index contributed by atoms with van der Waals surface area (Å²) in [6, 6.07) is 3.58. The third kappa shape index (κ3) is 2.73. The molecule has 3 rings (SSSR count). The van der Waals surface area contributed by atoms with Gasteiger partial charge in [-0.25, -0.2) is 4.98 Å². The van der Waals surface area contributed by atoms with E-state index in [2.05, 4.69) is 15.2 Å². The van der Waals surface area contributed by atoms with Gasteiger partial charge in [0.1, 0.15) is 5.82 Å². The highest BCUT2D eigenvalue weighted by Crippen LogP contribution is 2.29. The Hall–Kier alpha value is -1.66. The number of aromatic nitrogens is 1. The second-order valence-electron chi connectivity index (χ2n) is 6.09. The molecule has 0 bridgehead atoms. The highest BCUT2D eigenvalue weighted by molar-refractivity contribution is 5.95. The number of nitrogens with two attached hydrogens (primary N) is 1. The average molecular weight is 290 g/mol. The smallest absolute Gasteiger partial charge is 0.234 e. The van der Waals surface area contributed by atoms with Crippen LogP contribution in [0.4, 0.5) is 11.5 Å². The molecule has 2 aliphatic heterocycles. The van der Waals surface area contributed by atoms with Gasteiger partial charge in [-0.2, -0.15) is 0 Å². The summed E-state index contributed by atoms with van der Waals surface area (Å²) in [5.41, 5.74) is 5.99. The number of ether oxygens (including phenoxy) is 1. The maximum Gasteiger partial charge on any atom is 0.234 e. The molecule has 2 fully saturated rings. The number of rotatable bonds is 3. The summed E-state index contributed by atoms with van der Waals surface area (Å²) < 4.78 is 5.31. The van der Waals surface area contributed by atoms with E-state index >= 15 is 0 Å². The van der Waals surface area contributed by atoms with E-state index in [1.54, 1.807) is 6.20 Å². The van der Waals surface area contributed by atoms with E-state index in [-0.39, 0.29) is 11.9 Å². The van der Waals surface area contributed by atoms with E-state index in [4.69, 9.17) is 10.5 Å². The summed E-state index contributed by atoms with van der Waals surface area (Å²) in [7, 11) is 0. The van der Waals surface area contributed by atoms with E-state index in [9.17, 15) is 4.79 Å². The monoisotopic (exact) mass is 290 g/mol. The lowest BCUT2D eigenvalue weighted by molar-refractivity contribution is -0.125. The van der Waals surface area contributed by atoms with E-state index in [0.29, 0.717) is 18.9 Å². The molecule has 1 aromatic rings. The Morgan fingerprint density at radius 2 is 2.24 bits per heavy atom. The minimum Gasteiger partial charge on any atom is -0.379 e. The summed E-state index contributed by atoms with van der Waals surface area (Å²) >= 11 is 0. The Balaban J connectivity index is 1.66. The number of nitrogens with zero attached hydrogens (tertiary/aromatic N) is 2. The Kier molecular flexibility index (Phi) is 3.82. The molecule has 6 nitrogen and oxygen atoms in total. The summed E-state index contributed by atoms with van der Waals surface area (Å²) in [5, 5.41) is 2.89. The van der Waals surface area contributed by atoms with Crippen molar-refractivity contribution in [2.45, 2.75) is 25.8 Å². The van der Waals surface area contributed by atoms with E-state index in [0.717, 1.165) is 18.9 Å². The van der Waals surface area contributed by atoms with E-state index in [1.807, 2.05) is 19.1 Å². The lowest BCUT2D eigenvalue weighted by atomic mass is 9.85. The van der Waals surface area contributed by atoms with Crippen molar-refractivity contribution in [3.05, 3.63) is 18.3 Å². The zero-order valence-electron chi connectivity index (χ0n) is 12.3. The Morgan fingerprint density at radius 3 is 2.81 bits per heavy atom.